The number of anilines is 5. The molecular weight excluding hydrogens is 1050 g/mol. The van der Waals surface area contributed by atoms with Gasteiger partial charge in [0, 0.05) is 18.7 Å². The Kier molecular flexibility index (Phi) is 17.6. The highest BCUT2D eigenvalue weighted by Gasteiger charge is 2.20. The first-order valence-corrected chi connectivity index (χ1v) is 26.1. The molecule has 1 heterocycles. The highest BCUT2D eigenvalue weighted by molar-refractivity contribution is 7.86. The number of benzene rings is 4. The van der Waals surface area contributed by atoms with E-state index in [9.17, 15) is 51.9 Å². The van der Waals surface area contributed by atoms with Crippen LogP contribution < -0.4 is 25.4 Å². The maximum atomic E-state index is 11.8. The van der Waals surface area contributed by atoms with Crippen LogP contribution >= 0.6 is 46.4 Å². The lowest BCUT2D eigenvalue weighted by Crippen LogP contribution is -2.11. The van der Waals surface area contributed by atoms with Crippen molar-refractivity contribution >= 4 is 139 Å². The van der Waals surface area contributed by atoms with Crippen LogP contribution in [0.4, 0.5) is 52.0 Å². The first-order valence-electron chi connectivity index (χ1n) is 18.5. The summed E-state index contributed by atoms with van der Waals surface area (Å²) < 4.78 is 142. The van der Waals surface area contributed by atoms with Crippen LogP contribution in [0.5, 0.6) is 11.5 Å². The molecule has 67 heavy (non-hydrogen) atoms. The summed E-state index contributed by atoms with van der Waals surface area (Å²) in [5.74, 6) is -1.61. The zero-order valence-corrected chi connectivity index (χ0v) is 40.2. The first kappa shape index (κ1) is 52.9. The molecule has 0 unspecified atom stereocenters. The van der Waals surface area contributed by atoms with Crippen molar-refractivity contribution in [2.45, 2.75) is 29.6 Å². The predicted molar refractivity (Wildman–Crippen MR) is 247 cm³/mol. The minimum absolute atomic E-state index is 0.0150. The molecule has 0 spiro atoms. The quantitative estimate of drug-likeness (QED) is 0.0193. The van der Waals surface area contributed by atoms with Gasteiger partial charge in [-0.3, -0.25) is 18.2 Å². The number of aromatic nitrogens is 3. The summed E-state index contributed by atoms with van der Waals surface area (Å²) in [5.41, 5.74) is 0.00210. The van der Waals surface area contributed by atoms with E-state index in [-0.39, 0.29) is 110 Å². The number of nitrogens with zero attached hydrogens (tertiary/aromatic N) is 7. The van der Waals surface area contributed by atoms with Crippen molar-refractivity contribution in [3.05, 3.63) is 80.8 Å². The molecule has 0 saturated carbocycles. The van der Waals surface area contributed by atoms with Crippen LogP contribution in [0.15, 0.2) is 90.9 Å². The third kappa shape index (κ3) is 16.3. The number of azo groups is 2. The Morgan fingerprint density at radius 3 is 1.28 bits per heavy atom. The molecule has 0 atom stereocenters. The lowest BCUT2D eigenvalue weighted by Gasteiger charge is -2.16. The second-order valence-electron chi connectivity index (χ2n) is 13.2. The Hall–Kier alpha value is -5.11. The maximum Gasteiger partial charge on any atom is 0.296 e. The van der Waals surface area contributed by atoms with Gasteiger partial charge in [0.25, 0.3) is 40.5 Å². The van der Waals surface area contributed by atoms with Crippen molar-refractivity contribution in [3.63, 3.8) is 0 Å². The first-order chi connectivity index (χ1) is 31.3. The summed E-state index contributed by atoms with van der Waals surface area (Å²) in [5, 5.41) is 24.2. The number of ether oxygens (including phenoxy) is 2. The van der Waals surface area contributed by atoms with Crippen LogP contribution in [0, 0.1) is 0 Å². The lowest BCUT2D eigenvalue weighted by atomic mass is 10.2. The Bertz CT molecular complexity index is 2990. The standard InChI is InChI=1S/C35H34Cl4N10O14S4/c1-2-40-33-43-34(41-27-15-23(38)25(17-29(27)62-9-3-11-64(50,51)52)48-46-19-5-7-21(36)31(13-19)66(56,57)58)45-35(44-33)42-28-16-24(39)26(18-30(28)63-10-4-12-65(53,54)55)49-47-20-6-8-22(37)32(14-20)67(59,60)61/h5-8,13-18H,2-4,9-12H2,1H3,(H,50,51,52)(H,53,54,55)(H,56,57,58)(H,59,60,61)(H3,40,41,42,43,44,45). The van der Waals surface area contributed by atoms with E-state index in [1.54, 1.807) is 6.92 Å². The van der Waals surface area contributed by atoms with E-state index in [0.29, 0.717) is 6.54 Å². The smallest absolute Gasteiger partial charge is 0.296 e. The van der Waals surface area contributed by atoms with Crippen LogP contribution in [0.1, 0.15) is 19.8 Å². The molecule has 5 rings (SSSR count). The van der Waals surface area contributed by atoms with Gasteiger partial charge in [-0.2, -0.15) is 58.9 Å². The molecule has 0 radical (unpaired) electrons. The van der Waals surface area contributed by atoms with Gasteiger partial charge in [0.1, 0.15) is 32.7 Å². The Balaban J connectivity index is 1.51. The summed E-state index contributed by atoms with van der Waals surface area (Å²) in [6.07, 6.45) is -0.325. The van der Waals surface area contributed by atoms with Crippen molar-refractivity contribution in [1.82, 2.24) is 15.0 Å². The molecule has 0 aliphatic carbocycles. The third-order valence-electron chi connectivity index (χ3n) is 8.10. The molecule has 7 N–H and O–H groups in total. The van der Waals surface area contributed by atoms with Gasteiger partial charge in [0.05, 0.1) is 67.6 Å². The van der Waals surface area contributed by atoms with Gasteiger partial charge in [0.15, 0.2) is 0 Å². The summed E-state index contributed by atoms with van der Waals surface area (Å²) >= 11 is 25.0. The van der Waals surface area contributed by atoms with Crippen LogP contribution in [-0.2, 0) is 40.5 Å². The van der Waals surface area contributed by atoms with Gasteiger partial charge in [-0.1, -0.05) is 46.4 Å². The highest BCUT2D eigenvalue weighted by atomic mass is 35.5. The van der Waals surface area contributed by atoms with Crippen LogP contribution in [-0.4, -0.2) is 98.1 Å². The topological polar surface area (TPSA) is 360 Å². The van der Waals surface area contributed by atoms with E-state index in [2.05, 4.69) is 51.4 Å². The van der Waals surface area contributed by atoms with Crippen molar-refractivity contribution in [2.24, 2.45) is 20.5 Å². The molecule has 360 valence electrons. The van der Waals surface area contributed by atoms with Gasteiger partial charge in [-0.05, 0) is 68.3 Å². The molecule has 0 fully saturated rings. The largest absolute Gasteiger partial charge is 0.491 e. The van der Waals surface area contributed by atoms with E-state index in [4.69, 9.17) is 55.9 Å². The third-order valence-corrected chi connectivity index (χ3v) is 13.0. The van der Waals surface area contributed by atoms with Crippen molar-refractivity contribution in [1.29, 1.82) is 0 Å². The molecule has 4 aromatic carbocycles. The molecule has 0 bridgehead atoms. The minimum atomic E-state index is -4.72. The molecule has 24 nitrogen and oxygen atoms in total. The van der Waals surface area contributed by atoms with E-state index in [1.165, 1.54) is 48.5 Å². The van der Waals surface area contributed by atoms with Crippen LogP contribution in [0.25, 0.3) is 0 Å². The summed E-state index contributed by atoms with van der Waals surface area (Å²) in [4.78, 5) is 11.9. The fraction of sp³-hybridized carbons (Fsp3) is 0.229. The average Bonchev–Trinajstić information content (AvgIpc) is 3.21. The number of hydrogen-bond acceptors (Lipinski definition) is 20. The molecule has 0 aliphatic rings. The number of rotatable bonds is 22. The normalized spacial score (nSPS) is 12.4. The molecule has 0 aliphatic heterocycles. The molecule has 0 saturated heterocycles. The number of nitrogens with one attached hydrogen (secondary N) is 3. The summed E-state index contributed by atoms with van der Waals surface area (Å²) in [6.45, 7) is 1.55. The van der Waals surface area contributed by atoms with Crippen molar-refractivity contribution in [2.75, 3.05) is 47.2 Å². The summed E-state index contributed by atoms with van der Waals surface area (Å²) in [7, 11) is -18.1. The second kappa shape index (κ2) is 22.3. The zero-order valence-electron chi connectivity index (χ0n) is 33.9. The molecule has 1 aromatic heterocycles. The Morgan fingerprint density at radius 1 is 0.537 bits per heavy atom. The van der Waals surface area contributed by atoms with E-state index >= 15 is 0 Å². The molecule has 5 aromatic rings. The van der Waals surface area contributed by atoms with Gasteiger partial charge >= 0.3 is 0 Å². The van der Waals surface area contributed by atoms with Gasteiger partial charge in [0.2, 0.25) is 17.8 Å². The molecule has 32 heteroatoms. The second-order valence-corrected chi connectivity index (χ2v) is 20.8. The van der Waals surface area contributed by atoms with Crippen LogP contribution in [0.2, 0.25) is 20.1 Å². The fourth-order valence-corrected chi connectivity index (χ4v) is 8.57. The Labute approximate surface area is 402 Å². The predicted octanol–water partition coefficient (Wildman–Crippen LogP) is 9.04. The van der Waals surface area contributed by atoms with E-state index < -0.39 is 61.8 Å². The van der Waals surface area contributed by atoms with E-state index in [0.717, 1.165) is 12.1 Å². The number of hydrogen-bond donors (Lipinski definition) is 7. The maximum absolute atomic E-state index is 11.8. The van der Waals surface area contributed by atoms with Crippen LogP contribution in [0.3, 0.4) is 0 Å². The van der Waals surface area contributed by atoms with E-state index in [1.807, 2.05) is 0 Å². The van der Waals surface area contributed by atoms with Gasteiger partial charge in [-0.15, -0.1) is 10.2 Å². The average molecular weight is 1090 g/mol. The highest BCUT2D eigenvalue weighted by Crippen LogP contribution is 2.41. The van der Waals surface area contributed by atoms with Crippen molar-refractivity contribution in [3.8, 4) is 11.5 Å². The van der Waals surface area contributed by atoms with Gasteiger partial charge in [-0.25, -0.2) is 0 Å². The number of halogens is 4. The fourth-order valence-electron chi connectivity index (χ4n) is 5.21. The monoisotopic (exact) mass is 1090 g/mol. The SMILES string of the molecule is CCNc1nc(Nc2cc(Cl)c(N=Nc3ccc(Cl)c(S(=O)(=O)O)c3)cc2OCCCS(=O)(=O)O)nc(Nc2cc(Cl)c(N=Nc3ccc(Cl)c(S(=O)(=O)O)c3)cc2OCCCS(=O)(=O)O)n1. The molecule has 0 amide bonds. The van der Waals surface area contributed by atoms with Gasteiger partial charge < -0.3 is 25.4 Å². The zero-order chi connectivity index (χ0) is 49.3. The lowest BCUT2D eigenvalue weighted by molar-refractivity contribution is 0.317. The summed E-state index contributed by atoms with van der Waals surface area (Å²) in [6, 6.07) is 12.1. The molecular formula is C35H34Cl4N10O14S4. The Morgan fingerprint density at radius 2 is 0.925 bits per heavy atom. The van der Waals surface area contributed by atoms with Crippen molar-refractivity contribution < 1.29 is 61.4 Å². The minimum Gasteiger partial charge on any atom is -0.491 e.